The topological polar surface area (TPSA) is 9.23 Å². The molecular formula is C11H16BBrO. The lowest BCUT2D eigenvalue weighted by molar-refractivity contribution is 0.345. The van der Waals surface area contributed by atoms with Gasteiger partial charge in [-0.05, 0) is 18.8 Å². The van der Waals surface area contributed by atoms with Gasteiger partial charge in [0.05, 0.1) is 0 Å². The van der Waals surface area contributed by atoms with Gasteiger partial charge in [-0.25, -0.2) is 0 Å². The lowest BCUT2D eigenvalue weighted by atomic mass is 9.65. The summed E-state index contributed by atoms with van der Waals surface area (Å²) in [6.07, 6.45) is 0.995. The van der Waals surface area contributed by atoms with Gasteiger partial charge in [0, 0.05) is 11.9 Å². The summed E-state index contributed by atoms with van der Waals surface area (Å²) in [6, 6.07) is 8.61. The van der Waals surface area contributed by atoms with Crippen molar-refractivity contribution >= 4 is 22.8 Å². The van der Waals surface area contributed by atoms with Crippen LogP contribution in [0.5, 0.6) is 0 Å². The number of halogens is 1. The second-order valence-electron chi connectivity index (χ2n) is 3.42. The van der Waals surface area contributed by atoms with E-state index in [1.807, 2.05) is 6.92 Å². The number of hydrogen-bond acceptors (Lipinski definition) is 1. The highest BCUT2D eigenvalue weighted by molar-refractivity contribution is 9.08. The average molecular weight is 255 g/mol. The maximum Gasteiger partial charge on any atom is 0.294 e. The van der Waals surface area contributed by atoms with Crippen LogP contribution in [-0.2, 0) is 16.3 Å². The molecule has 0 aromatic heterocycles. The third-order valence-electron chi connectivity index (χ3n) is 2.12. The van der Waals surface area contributed by atoms with Crippen molar-refractivity contribution in [1.29, 1.82) is 0 Å². The molecule has 0 N–H and O–H groups in total. The Hall–Kier alpha value is -0.275. The zero-order valence-corrected chi connectivity index (χ0v) is 10.4. The van der Waals surface area contributed by atoms with Gasteiger partial charge in [0.15, 0.2) is 0 Å². The minimum Gasteiger partial charge on any atom is -0.436 e. The Bertz CT molecular complexity index is 278. The van der Waals surface area contributed by atoms with Crippen molar-refractivity contribution in [3.63, 3.8) is 0 Å². The van der Waals surface area contributed by atoms with E-state index in [-0.39, 0.29) is 0 Å². The van der Waals surface area contributed by atoms with Crippen molar-refractivity contribution < 1.29 is 4.65 Å². The summed E-state index contributed by atoms with van der Waals surface area (Å²) >= 11 is 3.46. The molecular weight excluding hydrogens is 239 g/mol. The van der Waals surface area contributed by atoms with Crippen LogP contribution in [0.4, 0.5) is 0 Å². The molecule has 3 heteroatoms. The van der Waals surface area contributed by atoms with Crippen LogP contribution in [0.25, 0.3) is 0 Å². The first kappa shape index (κ1) is 11.8. The van der Waals surface area contributed by atoms with Gasteiger partial charge in [-0.1, -0.05) is 52.6 Å². The molecule has 1 rings (SSSR count). The zero-order chi connectivity index (χ0) is 10.4. The molecule has 0 aliphatic heterocycles. The molecule has 0 bridgehead atoms. The Morgan fingerprint density at radius 3 is 2.71 bits per heavy atom. The normalized spacial score (nSPS) is 10.2. The number of rotatable bonds is 5. The molecule has 0 saturated carbocycles. The van der Waals surface area contributed by atoms with Crippen LogP contribution in [0.15, 0.2) is 24.3 Å². The number of hydrogen-bond donors (Lipinski definition) is 0. The molecule has 0 saturated heterocycles. The standard InChI is InChI=1S/C11H16BBrO/c1-3-14-12(2)8-10-5-4-6-11(7-10)9-13/h4-7H,3,8-9H2,1-2H3. The first-order valence-corrected chi connectivity index (χ1v) is 6.13. The molecule has 76 valence electrons. The molecule has 1 nitrogen and oxygen atoms in total. The van der Waals surface area contributed by atoms with Crippen molar-refractivity contribution in [3.05, 3.63) is 35.4 Å². The third-order valence-corrected chi connectivity index (χ3v) is 2.77. The monoisotopic (exact) mass is 254 g/mol. The molecule has 1 aromatic rings. The molecule has 0 fully saturated rings. The smallest absolute Gasteiger partial charge is 0.294 e. The fourth-order valence-electron chi connectivity index (χ4n) is 1.52. The molecule has 0 heterocycles. The van der Waals surface area contributed by atoms with E-state index in [2.05, 4.69) is 47.0 Å². The van der Waals surface area contributed by atoms with Crippen molar-refractivity contribution in [1.82, 2.24) is 0 Å². The maximum atomic E-state index is 5.51. The second-order valence-corrected chi connectivity index (χ2v) is 3.98. The van der Waals surface area contributed by atoms with E-state index < -0.39 is 0 Å². The second kappa shape index (κ2) is 6.25. The van der Waals surface area contributed by atoms with Crippen LogP contribution >= 0.6 is 15.9 Å². The van der Waals surface area contributed by atoms with Crippen molar-refractivity contribution in [2.24, 2.45) is 0 Å². The predicted octanol–water partition coefficient (Wildman–Crippen LogP) is 3.32. The Kier molecular flexibility index (Phi) is 5.27. The molecule has 0 aliphatic carbocycles. The molecule has 0 atom stereocenters. The third kappa shape index (κ3) is 3.85. The summed E-state index contributed by atoms with van der Waals surface area (Å²) in [6.45, 7) is 5.25. The predicted molar refractivity (Wildman–Crippen MR) is 66.0 cm³/mol. The maximum absolute atomic E-state index is 5.51. The Morgan fingerprint density at radius 2 is 2.07 bits per heavy atom. The van der Waals surface area contributed by atoms with Gasteiger partial charge in [-0.2, -0.15) is 0 Å². The summed E-state index contributed by atoms with van der Waals surface area (Å²) < 4.78 is 5.51. The number of alkyl halides is 1. The quantitative estimate of drug-likeness (QED) is 0.579. The first-order chi connectivity index (χ1) is 6.76. The summed E-state index contributed by atoms with van der Waals surface area (Å²) in [7, 11) is 0. The minimum absolute atomic E-state index is 0.311. The van der Waals surface area contributed by atoms with E-state index in [4.69, 9.17) is 4.65 Å². The molecule has 14 heavy (non-hydrogen) atoms. The van der Waals surface area contributed by atoms with Crippen LogP contribution in [0.1, 0.15) is 18.1 Å². The van der Waals surface area contributed by atoms with E-state index >= 15 is 0 Å². The first-order valence-electron chi connectivity index (χ1n) is 5.01. The fraction of sp³-hybridized carbons (Fsp3) is 0.455. The highest BCUT2D eigenvalue weighted by atomic mass is 79.9. The van der Waals surface area contributed by atoms with E-state index in [1.54, 1.807) is 0 Å². The van der Waals surface area contributed by atoms with Crippen molar-refractivity contribution in [3.8, 4) is 0 Å². The Morgan fingerprint density at radius 1 is 1.36 bits per heavy atom. The molecule has 0 amide bonds. The van der Waals surface area contributed by atoms with Crippen molar-refractivity contribution in [2.45, 2.75) is 25.4 Å². The summed E-state index contributed by atoms with van der Waals surface area (Å²) in [5.41, 5.74) is 2.68. The van der Waals surface area contributed by atoms with Gasteiger partial charge in [-0.3, -0.25) is 0 Å². The van der Waals surface area contributed by atoms with E-state index in [0.29, 0.717) is 6.92 Å². The summed E-state index contributed by atoms with van der Waals surface area (Å²) in [4.78, 5) is 0. The van der Waals surface area contributed by atoms with Crippen LogP contribution < -0.4 is 0 Å². The number of benzene rings is 1. The van der Waals surface area contributed by atoms with Gasteiger partial charge in [0.2, 0.25) is 0 Å². The van der Waals surface area contributed by atoms with Gasteiger partial charge >= 0.3 is 0 Å². The van der Waals surface area contributed by atoms with Gasteiger partial charge < -0.3 is 4.65 Å². The van der Waals surface area contributed by atoms with Crippen LogP contribution in [0.2, 0.25) is 6.82 Å². The lowest BCUT2D eigenvalue weighted by Gasteiger charge is -2.08. The summed E-state index contributed by atoms with van der Waals surface area (Å²) in [5, 5.41) is 0.920. The minimum atomic E-state index is 0.311. The van der Waals surface area contributed by atoms with Crippen molar-refractivity contribution in [2.75, 3.05) is 6.61 Å². The largest absolute Gasteiger partial charge is 0.436 e. The van der Waals surface area contributed by atoms with E-state index in [1.165, 1.54) is 11.1 Å². The lowest BCUT2D eigenvalue weighted by Crippen LogP contribution is -2.17. The van der Waals surface area contributed by atoms with Gasteiger partial charge in [0.1, 0.15) is 0 Å². The SMILES string of the molecule is CCOB(C)Cc1cccc(CBr)c1. The molecule has 0 radical (unpaired) electrons. The van der Waals surface area contributed by atoms with Crippen LogP contribution in [0, 0.1) is 0 Å². The Balaban J connectivity index is 2.57. The van der Waals surface area contributed by atoms with Gasteiger partial charge in [-0.15, -0.1) is 0 Å². The van der Waals surface area contributed by atoms with Gasteiger partial charge in [0.25, 0.3) is 6.92 Å². The van der Waals surface area contributed by atoms with E-state index in [0.717, 1.165) is 18.3 Å². The van der Waals surface area contributed by atoms with E-state index in [9.17, 15) is 0 Å². The highest BCUT2D eigenvalue weighted by Gasteiger charge is 2.08. The molecule has 0 unspecified atom stereocenters. The molecule has 1 aromatic carbocycles. The zero-order valence-electron chi connectivity index (χ0n) is 8.79. The molecule has 0 spiro atoms. The highest BCUT2D eigenvalue weighted by Crippen LogP contribution is 2.10. The summed E-state index contributed by atoms with van der Waals surface area (Å²) in [5.74, 6) is 0. The molecule has 0 aliphatic rings. The fourth-order valence-corrected chi connectivity index (χ4v) is 1.86. The Labute approximate surface area is 95.1 Å². The average Bonchev–Trinajstić information content (AvgIpc) is 2.18. The van der Waals surface area contributed by atoms with Crippen LogP contribution in [0.3, 0.4) is 0 Å². The van der Waals surface area contributed by atoms with Crippen LogP contribution in [-0.4, -0.2) is 13.5 Å².